The van der Waals surface area contributed by atoms with E-state index in [1.807, 2.05) is 12.3 Å². The molecular formula is C14H16N4S. The zero-order valence-corrected chi connectivity index (χ0v) is 11.8. The first-order valence-electron chi connectivity index (χ1n) is 6.24. The predicted molar refractivity (Wildman–Crippen MR) is 80.0 cm³/mol. The molecule has 5 heteroatoms. The largest absolute Gasteiger partial charge is 0.383 e. The number of nitrogens with two attached hydrogens (primary N) is 1. The maximum Gasteiger partial charge on any atom is 0.191 e. The number of hydrogen-bond acceptors (Lipinski definition) is 5. The summed E-state index contributed by atoms with van der Waals surface area (Å²) in [6.45, 7) is 2.21. The lowest BCUT2D eigenvalue weighted by Crippen LogP contribution is -2.25. The minimum atomic E-state index is 0.390. The van der Waals surface area contributed by atoms with Crippen molar-refractivity contribution < 1.29 is 0 Å². The zero-order chi connectivity index (χ0) is 13.4. The van der Waals surface area contributed by atoms with Gasteiger partial charge < -0.3 is 10.6 Å². The second-order valence-electron chi connectivity index (χ2n) is 4.69. The number of nitrogens with zero attached hydrogens (tertiary/aromatic N) is 3. The molecule has 4 nitrogen and oxygen atoms in total. The monoisotopic (exact) mass is 272 g/mol. The number of thioether (sulfide) groups is 1. The Bertz CT molecular complexity index is 614. The molecule has 1 aliphatic rings. The molecule has 2 heterocycles. The average Bonchev–Trinajstić information content (AvgIpc) is 2.73. The van der Waals surface area contributed by atoms with Crippen LogP contribution in [0.4, 0.5) is 17.3 Å². The molecule has 1 aromatic heterocycles. The molecule has 98 valence electrons. The number of benzene rings is 1. The third-order valence-electron chi connectivity index (χ3n) is 3.35. The summed E-state index contributed by atoms with van der Waals surface area (Å²) in [7, 11) is 0. The van der Waals surface area contributed by atoms with E-state index in [0.717, 1.165) is 12.2 Å². The first-order chi connectivity index (χ1) is 9.19. The average molecular weight is 272 g/mol. The lowest BCUT2D eigenvalue weighted by Gasteiger charge is -2.24. The van der Waals surface area contributed by atoms with Crippen molar-refractivity contribution in [3.8, 4) is 0 Å². The van der Waals surface area contributed by atoms with Gasteiger partial charge in [0.15, 0.2) is 5.16 Å². The van der Waals surface area contributed by atoms with E-state index in [1.165, 1.54) is 23.0 Å². The fourth-order valence-electron chi connectivity index (χ4n) is 2.56. The van der Waals surface area contributed by atoms with Crippen molar-refractivity contribution in [2.75, 3.05) is 16.9 Å². The predicted octanol–water partition coefficient (Wildman–Crippen LogP) is 2.86. The molecule has 1 unspecified atom stereocenters. The van der Waals surface area contributed by atoms with Crippen LogP contribution in [0.15, 0.2) is 35.5 Å². The van der Waals surface area contributed by atoms with Crippen LogP contribution in [-0.2, 0) is 6.42 Å². The summed E-state index contributed by atoms with van der Waals surface area (Å²) in [5, 5.41) is 0.714. The second-order valence-corrected chi connectivity index (χ2v) is 5.46. The van der Waals surface area contributed by atoms with E-state index >= 15 is 0 Å². The van der Waals surface area contributed by atoms with Crippen molar-refractivity contribution in [2.45, 2.75) is 24.5 Å². The van der Waals surface area contributed by atoms with Crippen LogP contribution < -0.4 is 10.6 Å². The van der Waals surface area contributed by atoms with Crippen molar-refractivity contribution in [3.05, 3.63) is 35.9 Å². The van der Waals surface area contributed by atoms with Crippen molar-refractivity contribution in [2.24, 2.45) is 0 Å². The molecule has 0 saturated heterocycles. The van der Waals surface area contributed by atoms with Crippen LogP contribution in [-0.4, -0.2) is 22.3 Å². The molecular weight excluding hydrogens is 256 g/mol. The van der Waals surface area contributed by atoms with E-state index in [2.05, 4.69) is 46.1 Å². The molecule has 1 atom stereocenters. The highest BCUT2D eigenvalue weighted by Crippen LogP contribution is 2.37. The molecule has 2 aromatic rings. The Morgan fingerprint density at radius 3 is 2.89 bits per heavy atom. The summed E-state index contributed by atoms with van der Waals surface area (Å²) in [4.78, 5) is 11.0. The summed E-state index contributed by atoms with van der Waals surface area (Å²) in [5.41, 5.74) is 8.46. The highest BCUT2D eigenvalue weighted by atomic mass is 32.2. The minimum Gasteiger partial charge on any atom is -0.383 e. The maximum absolute atomic E-state index is 5.88. The molecule has 0 fully saturated rings. The molecule has 0 radical (unpaired) electrons. The molecule has 0 spiro atoms. The summed E-state index contributed by atoms with van der Waals surface area (Å²) in [6.07, 6.45) is 2.99. The summed E-state index contributed by atoms with van der Waals surface area (Å²) in [6, 6.07) is 10.7. The van der Waals surface area contributed by atoms with Gasteiger partial charge in [0, 0.05) is 17.8 Å². The van der Waals surface area contributed by atoms with Gasteiger partial charge in [-0.1, -0.05) is 30.0 Å². The quantitative estimate of drug-likeness (QED) is 0.673. The van der Waals surface area contributed by atoms with Crippen molar-refractivity contribution in [1.29, 1.82) is 0 Å². The van der Waals surface area contributed by atoms with Crippen LogP contribution in [0.25, 0.3) is 0 Å². The summed E-state index contributed by atoms with van der Waals surface area (Å²) in [5.74, 6) is 1.40. The number of nitrogen functional groups attached to an aromatic ring is 1. The third-order valence-corrected chi connectivity index (χ3v) is 3.90. The summed E-state index contributed by atoms with van der Waals surface area (Å²) < 4.78 is 0. The van der Waals surface area contributed by atoms with Gasteiger partial charge in [-0.3, -0.25) is 0 Å². The minimum absolute atomic E-state index is 0.390. The van der Waals surface area contributed by atoms with Gasteiger partial charge in [0.1, 0.15) is 11.6 Å². The van der Waals surface area contributed by atoms with Crippen LogP contribution in [0.5, 0.6) is 0 Å². The zero-order valence-electron chi connectivity index (χ0n) is 11.0. The molecule has 0 aliphatic carbocycles. The van der Waals surface area contributed by atoms with Crippen LogP contribution in [0.2, 0.25) is 0 Å². The molecule has 0 amide bonds. The van der Waals surface area contributed by atoms with E-state index in [-0.39, 0.29) is 0 Å². The normalized spacial score (nSPS) is 17.6. The second kappa shape index (κ2) is 4.74. The topological polar surface area (TPSA) is 55.0 Å². The molecule has 0 bridgehead atoms. The van der Waals surface area contributed by atoms with E-state index in [1.54, 1.807) is 0 Å². The van der Waals surface area contributed by atoms with Crippen molar-refractivity contribution >= 4 is 29.1 Å². The van der Waals surface area contributed by atoms with E-state index in [4.69, 9.17) is 5.73 Å². The molecule has 1 aromatic carbocycles. The highest BCUT2D eigenvalue weighted by molar-refractivity contribution is 7.98. The third kappa shape index (κ3) is 2.14. The number of rotatable bonds is 2. The molecule has 19 heavy (non-hydrogen) atoms. The van der Waals surface area contributed by atoms with Gasteiger partial charge in [-0.25, -0.2) is 9.97 Å². The Labute approximate surface area is 117 Å². The number of hydrogen-bond donors (Lipinski definition) is 1. The van der Waals surface area contributed by atoms with E-state index in [0.29, 0.717) is 17.0 Å². The Hall–Kier alpha value is -1.75. The lowest BCUT2D eigenvalue weighted by atomic mass is 10.1. The van der Waals surface area contributed by atoms with Crippen molar-refractivity contribution in [3.63, 3.8) is 0 Å². The van der Waals surface area contributed by atoms with Crippen LogP contribution in [0.1, 0.15) is 12.5 Å². The molecule has 1 aliphatic heterocycles. The SMILES string of the molecule is CSc1nc(N)cc(N2c3ccccc3CC2C)n1. The van der Waals surface area contributed by atoms with Gasteiger partial charge in [0.05, 0.1) is 0 Å². The number of anilines is 3. The van der Waals surface area contributed by atoms with Crippen molar-refractivity contribution in [1.82, 2.24) is 9.97 Å². The lowest BCUT2D eigenvalue weighted by molar-refractivity contribution is 0.743. The van der Waals surface area contributed by atoms with Crippen LogP contribution in [0, 0.1) is 0 Å². The molecule has 0 saturated carbocycles. The Balaban J connectivity index is 2.09. The fourth-order valence-corrected chi connectivity index (χ4v) is 2.94. The Kier molecular flexibility index (Phi) is 3.06. The first-order valence-corrected chi connectivity index (χ1v) is 7.47. The highest BCUT2D eigenvalue weighted by Gasteiger charge is 2.28. The Morgan fingerprint density at radius 1 is 1.32 bits per heavy atom. The smallest absolute Gasteiger partial charge is 0.191 e. The van der Waals surface area contributed by atoms with E-state index < -0.39 is 0 Å². The van der Waals surface area contributed by atoms with E-state index in [9.17, 15) is 0 Å². The van der Waals surface area contributed by atoms with Gasteiger partial charge in [-0.15, -0.1) is 0 Å². The number of aromatic nitrogens is 2. The van der Waals surface area contributed by atoms with Gasteiger partial charge in [0.2, 0.25) is 0 Å². The van der Waals surface area contributed by atoms with Crippen LogP contribution in [0.3, 0.4) is 0 Å². The number of para-hydroxylation sites is 1. The van der Waals surface area contributed by atoms with Crippen LogP contribution >= 0.6 is 11.8 Å². The van der Waals surface area contributed by atoms with Gasteiger partial charge in [0.25, 0.3) is 0 Å². The first kappa shape index (κ1) is 12.3. The number of fused-ring (bicyclic) bond motifs is 1. The fraction of sp³-hybridized carbons (Fsp3) is 0.286. The summed E-state index contributed by atoms with van der Waals surface area (Å²) >= 11 is 1.51. The molecule has 2 N–H and O–H groups in total. The van der Waals surface area contributed by atoms with Gasteiger partial charge >= 0.3 is 0 Å². The van der Waals surface area contributed by atoms with Gasteiger partial charge in [-0.2, -0.15) is 0 Å². The Morgan fingerprint density at radius 2 is 2.11 bits per heavy atom. The molecule has 3 rings (SSSR count). The standard InChI is InChI=1S/C14H16N4S/c1-9-7-10-5-3-4-6-11(10)18(9)13-8-12(15)16-14(17-13)19-2/h3-6,8-9H,7H2,1-2H3,(H2,15,16,17). The van der Waals surface area contributed by atoms with Gasteiger partial charge in [-0.05, 0) is 31.2 Å². The maximum atomic E-state index is 5.88.